The lowest BCUT2D eigenvalue weighted by molar-refractivity contribution is -0.136. The highest BCUT2D eigenvalue weighted by atomic mass is 16.5. The van der Waals surface area contributed by atoms with Crippen LogP contribution in [0.3, 0.4) is 0 Å². The largest absolute Gasteiger partial charge is 0.466 e. The van der Waals surface area contributed by atoms with E-state index in [1.165, 1.54) is 7.11 Å². The first-order chi connectivity index (χ1) is 5.63. The molecule has 3 heteroatoms. The van der Waals surface area contributed by atoms with Gasteiger partial charge < -0.3 is 9.84 Å². The molecule has 0 heterocycles. The predicted octanol–water partition coefficient (Wildman–Crippen LogP) is 0.877. The Kier molecular flexibility index (Phi) is 2.87. The summed E-state index contributed by atoms with van der Waals surface area (Å²) in [5.41, 5.74) is 0.601. The number of methoxy groups -OCH3 is 1. The van der Waals surface area contributed by atoms with Crippen molar-refractivity contribution in [3.8, 4) is 0 Å². The van der Waals surface area contributed by atoms with Crippen molar-refractivity contribution in [2.24, 2.45) is 5.92 Å². The molecule has 1 aliphatic rings. The van der Waals surface area contributed by atoms with Crippen LogP contribution in [0.4, 0.5) is 0 Å². The fourth-order valence-corrected chi connectivity index (χ4v) is 1.53. The van der Waals surface area contributed by atoms with E-state index in [1.54, 1.807) is 0 Å². The van der Waals surface area contributed by atoms with Gasteiger partial charge in [0.05, 0.1) is 13.2 Å². The molecule has 0 spiro atoms. The number of hydrogen-bond donors (Lipinski definition) is 1. The molecule has 0 aliphatic heterocycles. The Hall–Kier alpha value is -0.830. The highest BCUT2D eigenvalue weighted by Crippen LogP contribution is 2.23. The Balaban J connectivity index is 2.69. The van der Waals surface area contributed by atoms with Gasteiger partial charge in [0.2, 0.25) is 0 Å². The van der Waals surface area contributed by atoms with E-state index >= 15 is 0 Å². The summed E-state index contributed by atoms with van der Waals surface area (Å²) in [6.07, 6.45) is 2.65. The molecule has 2 unspecified atom stereocenters. The van der Waals surface area contributed by atoms with Gasteiger partial charge in [0.1, 0.15) is 0 Å². The van der Waals surface area contributed by atoms with Crippen LogP contribution in [0.25, 0.3) is 0 Å². The van der Waals surface area contributed by atoms with E-state index in [2.05, 4.69) is 4.74 Å². The number of aliphatic hydroxyl groups excluding tert-OH is 1. The third-order valence-corrected chi connectivity index (χ3v) is 2.03. The van der Waals surface area contributed by atoms with Gasteiger partial charge in [-0.05, 0) is 12.3 Å². The second-order valence-corrected chi connectivity index (χ2v) is 3.25. The van der Waals surface area contributed by atoms with Crippen LogP contribution in [0.1, 0.15) is 19.8 Å². The molecular formula is C9H14O3. The zero-order valence-corrected chi connectivity index (χ0v) is 7.41. The number of carbonyl (C=O) groups is 1. The van der Waals surface area contributed by atoms with Gasteiger partial charge in [-0.2, -0.15) is 0 Å². The summed E-state index contributed by atoms with van der Waals surface area (Å²) < 4.78 is 4.57. The van der Waals surface area contributed by atoms with Crippen LogP contribution >= 0.6 is 0 Å². The zero-order chi connectivity index (χ0) is 9.14. The van der Waals surface area contributed by atoms with Crippen molar-refractivity contribution in [1.82, 2.24) is 0 Å². The molecule has 0 fully saturated rings. The first-order valence-electron chi connectivity index (χ1n) is 4.10. The fourth-order valence-electron chi connectivity index (χ4n) is 1.53. The van der Waals surface area contributed by atoms with Crippen LogP contribution in [0.5, 0.6) is 0 Å². The Morgan fingerprint density at radius 1 is 1.75 bits per heavy atom. The lowest BCUT2D eigenvalue weighted by atomic mass is 9.90. The molecule has 1 aliphatic carbocycles. The van der Waals surface area contributed by atoms with E-state index in [1.807, 2.05) is 13.0 Å². The molecule has 1 rings (SSSR count). The second-order valence-electron chi connectivity index (χ2n) is 3.25. The summed E-state index contributed by atoms with van der Waals surface area (Å²) in [6, 6.07) is 0. The molecule has 0 radical (unpaired) electrons. The van der Waals surface area contributed by atoms with Crippen molar-refractivity contribution >= 4 is 5.97 Å². The Morgan fingerprint density at radius 2 is 2.42 bits per heavy atom. The normalized spacial score (nSPS) is 29.4. The molecule has 3 nitrogen and oxygen atoms in total. The third kappa shape index (κ3) is 2.08. The first kappa shape index (κ1) is 9.26. The molecular weight excluding hydrogens is 156 g/mol. The standard InChI is InChI=1S/C9H14O3/c1-6-3-7(9(11)12-2)5-8(10)4-6/h3,6,8,10H,4-5H2,1-2H3. The maximum absolute atomic E-state index is 11.1. The third-order valence-electron chi connectivity index (χ3n) is 2.03. The maximum Gasteiger partial charge on any atom is 0.333 e. The van der Waals surface area contributed by atoms with Crippen LogP contribution in [0.15, 0.2) is 11.6 Å². The van der Waals surface area contributed by atoms with E-state index in [-0.39, 0.29) is 18.0 Å². The number of allylic oxidation sites excluding steroid dienone is 1. The molecule has 0 saturated carbocycles. The SMILES string of the molecule is COC(=O)C1=CC(C)CC(O)C1. The van der Waals surface area contributed by atoms with Gasteiger partial charge in [0.25, 0.3) is 0 Å². The Labute approximate surface area is 72.0 Å². The minimum absolute atomic E-state index is 0.267. The molecule has 0 saturated heterocycles. The van der Waals surface area contributed by atoms with Crippen molar-refractivity contribution in [2.75, 3.05) is 7.11 Å². The zero-order valence-electron chi connectivity index (χ0n) is 7.41. The molecule has 0 aromatic rings. The predicted molar refractivity (Wildman–Crippen MR) is 44.5 cm³/mol. The van der Waals surface area contributed by atoms with Crippen molar-refractivity contribution in [3.05, 3.63) is 11.6 Å². The number of rotatable bonds is 1. The van der Waals surface area contributed by atoms with Gasteiger partial charge in [-0.15, -0.1) is 0 Å². The van der Waals surface area contributed by atoms with Crippen LogP contribution in [0.2, 0.25) is 0 Å². The minimum Gasteiger partial charge on any atom is -0.466 e. The topological polar surface area (TPSA) is 46.5 Å². The molecule has 0 aromatic heterocycles. The van der Waals surface area contributed by atoms with Gasteiger partial charge in [-0.25, -0.2) is 4.79 Å². The number of hydrogen-bond acceptors (Lipinski definition) is 3. The summed E-state index contributed by atoms with van der Waals surface area (Å²) in [4.78, 5) is 11.1. The fraction of sp³-hybridized carbons (Fsp3) is 0.667. The number of aliphatic hydroxyl groups is 1. The Morgan fingerprint density at radius 3 is 2.92 bits per heavy atom. The summed E-state index contributed by atoms with van der Waals surface area (Å²) in [5, 5.41) is 9.35. The van der Waals surface area contributed by atoms with Crippen LogP contribution < -0.4 is 0 Å². The molecule has 0 aromatic carbocycles. The van der Waals surface area contributed by atoms with E-state index in [0.717, 1.165) is 6.42 Å². The van der Waals surface area contributed by atoms with Gasteiger partial charge in [0.15, 0.2) is 0 Å². The number of ether oxygens (including phenoxy) is 1. The summed E-state index contributed by atoms with van der Waals surface area (Å²) in [5.74, 6) is -0.0524. The average molecular weight is 170 g/mol. The van der Waals surface area contributed by atoms with Crippen molar-refractivity contribution in [2.45, 2.75) is 25.9 Å². The number of esters is 1. The quantitative estimate of drug-likeness (QED) is 0.594. The summed E-state index contributed by atoms with van der Waals surface area (Å²) in [7, 11) is 1.36. The lowest BCUT2D eigenvalue weighted by Crippen LogP contribution is -2.21. The second kappa shape index (κ2) is 3.72. The highest BCUT2D eigenvalue weighted by Gasteiger charge is 2.22. The van der Waals surface area contributed by atoms with Gasteiger partial charge >= 0.3 is 5.97 Å². The van der Waals surface area contributed by atoms with E-state index < -0.39 is 0 Å². The van der Waals surface area contributed by atoms with Gasteiger partial charge in [-0.3, -0.25) is 0 Å². The molecule has 2 atom stereocenters. The molecule has 0 bridgehead atoms. The molecule has 0 amide bonds. The van der Waals surface area contributed by atoms with Crippen LogP contribution in [-0.4, -0.2) is 24.3 Å². The lowest BCUT2D eigenvalue weighted by Gasteiger charge is -2.21. The van der Waals surface area contributed by atoms with E-state index in [9.17, 15) is 9.90 Å². The monoisotopic (exact) mass is 170 g/mol. The molecule has 68 valence electrons. The smallest absolute Gasteiger partial charge is 0.333 e. The van der Waals surface area contributed by atoms with Gasteiger partial charge in [-0.1, -0.05) is 13.0 Å². The maximum atomic E-state index is 11.1. The van der Waals surface area contributed by atoms with Crippen LogP contribution in [-0.2, 0) is 9.53 Å². The van der Waals surface area contributed by atoms with Crippen molar-refractivity contribution in [1.29, 1.82) is 0 Å². The van der Waals surface area contributed by atoms with E-state index in [0.29, 0.717) is 12.0 Å². The number of carbonyl (C=O) groups excluding carboxylic acids is 1. The molecule has 12 heavy (non-hydrogen) atoms. The summed E-state index contributed by atoms with van der Waals surface area (Å²) >= 11 is 0. The summed E-state index contributed by atoms with van der Waals surface area (Å²) in [6.45, 7) is 1.98. The minimum atomic E-state index is -0.390. The average Bonchev–Trinajstić information content (AvgIpc) is 2.01. The van der Waals surface area contributed by atoms with Gasteiger partial charge in [0, 0.05) is 12.0 Å². The van der Waals surface area contributed by atoms with Crippen molar-refractivity contribution in [3.63, 3.8) is 0 Å². The van der Waals surface area contributed by atoms with Crippen LogP contribution in [0, 0.1) is 5.92 Å². The van der Waals surface area contributed by atoms with E-state index in [4.69, 9.17) is 0 Å². The first-order valence-corrected chi connectivity index (χ1v) is 4.10. The molecule has 1 N–H and O–H groups in total. The Bertz CT molecular complexity index is 208. The highest BCUT2D eigenvalue weighted by molar-refractivity contribution is 5.88. The van der Waals surface area contributed by atoms with Crippen molar-refractivity contribution < 1.29 is 14.6 Å².